The lowest BCUT2D eigenvalue weighted by molar-refractivity contribution is 0.284. The average molecular weight is 296 g/mol. The van der Waals surface area contributed by atoms with E-state index in [-0.39, 0.29) is 25.4 Å². The van der Waals surface area contributed by atoms with Gasteiger partial charge in [0.25, 0.3) is 0 Å². The van der Waals surface area contributed by atoms with Gasteiger partial charge >= 0.3 is 15.2 Å². The summed E-state index contributed by atoms with van der Waals surface area (Å²) in [5.41, 5.74) is 0. The van der Waals surface area contributed by atoms with Gasteiger partial charge in [0.1, 0.15) is 0 Å². The van der Waals surface area contributed by atoms with Crippen LogP contribution in [0.1, 0.15) is 25.7 Å². The molecule has 5 N–H and O–H groups in total. The number of halogens is 1. The van der Waals surface area contributed by atoms with Crippen LogP contribution in [-0.2, 0) is 9.13 Å². The highest BCUT2D eigenvalue weighted by molar-refractivity contribution is 7.72. The maximum Gasteiger partial charge on any atom is 0.357 e. The maximum absolute atomic E-state index is 11.2. The zero-order valence-corrected chi connectivity index (χ0v) is 11.0. The molecule has 1 aliphatic heterocycles. The van der Waals surface area contributed by atoms with Crippen molar-refractivity contribution in [1.82, 2.24) is 5.32 Å². The first kappa shape index (κ1) is 16.6. The van der Waals surface area contributed by atoms with Crippen LogP contribution in [-0.4, -0.2) is 31.1 Å². The van der Waals surface area contributed by atoms with Crippen LogP contribution in [0.15, 0.2) is 0 Å². The molecule has 0 radical (unpaired) electrons. The van der Waals surface area contributed by atoms with Crippen molar-refractivity contribution in [3.05, 3.63) is 0 Å². The third-order valence-corrected chi connectivity index (χ3v) is 6.83. The molecule has 0 unspecified atom stereocenters. The van der Waals surface area contributed by atoms with Crippen molar-refractivity contribution in [3.8, 4) is 0 Å². The van der Waals surface area contributed by atoms with Crippen molar-refractivity contribution in [2.24, 2.45) is 0 Å². The van der Waals surface area contributed by atoms with Gasteiger partial charge in [-0.2, -0.15) is 0 Å². The first-order chi connectivity index (χ1) is 6.71. The van der Waals surface area contributed by atoms with Crippen molar-refractivity contribution in [2.75, 3.05) is 6.54 Å². The minimum Gasteiger partial charge on any atom is -0.323 e. The molecule has 7 nitrogen and oxygen atoms in total. The van der Waals surface area contributed by atoms with Gasteiger partial charge in [0.2, 0.25) is 5.02 Å². The Balaban J connectivity index is 0.00000225. The average Bonchev–Trinajstić information content (AvgIpc) is 2.25. The molecule has 0 atom stereocenters. The Bertz CT molecular complexity index is 293. The minimum absolute atomic E-state index is 0. The van der Waals surface area contributed by atoms with Crippen LogP contribution in [0.25, 0.3) is 0 Å². The van der Waals surface area contributed by atoms with Crippen LogP contribution in [0.2, 0.25) is 0 Å². The number of hydrogen-bond acceptors (Lipinski definition) is 3. The molecule has 16 heavy (non-hydrogen) atoms. The van der Waals surface area contributed by atoms with Gasteiger partial charge in [-0.25, -0.2) is 0 Å². The van der Waals surface area contributed by atoms with E-state index in [0.29, 0.717) is 19.3 Å². The van der Waals surface area contributed by atoms with Gasteiger partial charge in [-0.05, 0) is 19.4 Å². The lowest BCUT2D eigenvalue weighted by atomic mass is 10.2. The van der Waals surface area contributed by atoms with Crippen molar-refractivity contribution in [1.29, 1.82) is 0 Å². The summed E-state index contributed by atoms with van der Waals surface area (Å²) in [5, 5.41) is -0.0297. The first-order valence-corrected chi connectivity index (χ1v) is 7.79. The Morgan fingerprint density at radius 1 is 0.938 bits per heavy atom. The number of hydrogen-bond donors (Lipinski definition) is 5. The predicted octanol–water partition coefficient (Wildman–Crippen LogP) is 0.581. The third-order valence-electron chi connectivity index (χ3n) is 2.57. The molecule has 0 aromatic heterocycles. The van der Waals surface area contributed by atoms with Gasteiger partial charge in [0.05, 0.1) is 0 Å². The molecule has 1 saturated heterocycles. The zero-order chi connectivity index (χ0) is 11.7. The molecule has 0 saturated carbocycles. The fourth-order valence-electron chi connectivity index (χ4n) is 1.72. The molecule has 1 fully saturated rings. The molecule has 0 spiro atoms. The van der Waals surface area contributed by atoms with Crippen molar-refractivity contribution in [2.45, 2.75) is 30.7 Å². The second-order valence-corrected chi connectivity index (χ2v) is 7.70. The second kappa shape index (κ2) is 5.46. The minimum atomic E-state index is -4.90. The molecule has 0 amide bonds. The van der Waals surface area contributed by atoms with Crippen LogP contribution < -0.4 is 5.32 Å². The second-order valence-electron chi connectivity index (χ2n) is 3.64. The summed E-state index contributed by atoms with van der Waals surface area (Å²) in [5.74, 6) is 0. The summed E-state index contributed by atoms with van der Waals surface area (Å²) in [6.07, 6.45) is 1.54. The van der Waals surface area contributed by atoms with E-state index < -0.39 is 20.2 Å². The van der Waals surface area contributed by atoms with E-state index in [1.165, 1.54) is 0 Å². The molecule has 1 aliphatic rings. The van der Waals surface area contributed by atoms with Crippen LogP contribution in [0.3, 0.4) is 0 Å². The van der Waals surface area contributed by atoms with E-state index >= 15 is 0 Å². The van der Waals surface area contributed by atoms with Crippen molar-refractivity contribution >= 4 is 27.6 Å². The van der Waals surface area contributed by atoms with Crippen molar-refractivity contribution in [3.63, 3.8) is 0 Å². The summed E-state index contributed by atoms with van der Waals surface area (Å²) in [6.45, 7) is 0.205. The fourth-order valence-corrected chi connectivity index (χ4v) is 4.61. The predicted molar refractivity (Wildman–Crippen MR) is 60.5 cm³/mol. The van der Waals surface area contributed by atoms with E-state index in [0.717, 1.165) is 0 Å². The third kappa shape index (κ3) is 3.06. The van der Waals surface area contributed by atoms with Crippen LogP contribution in [0.4, 0.5) is 0 Å². The number of nitrogens with one attached hydrogen (secondary N) is 1. The van der Waals surface area contributed by atoms with Gasteiger partial charge in [0, 0.05) is 0 Å². The maximum atomic E-state index is 11.2. The first-order valence-electron chi connectivity index (χ1n) is 4.57. The summed E-state index contributed by atoms with van der Waals surface area (Å²) in [6, 6.07) is 0. The fraction of sp³-hybridized carbons (Fsp3) is 1.00. The molecule has 0 aliphatic carbocycles. The smallest absolute Gasteiger partial charge is 0.323 e. The molecule has 1 heterocycles. The monoisotopic (exact) mass is 295 g/mol. The standard InChI is InChI=1S/C6H15NO6P2.ClH/c8-14(9,10)6(15(11,12)13)4-2-1-3-5-7-6;/h7H,1-5H2,(H2,8,9,10)(H2,11,12,13);1H. The summed E-state index contributed by atoms with van der Waals surface area (Å²) in [4.78, 5) is 36.4. The van der Waals surface area contributed by atoms with E-state index in [2.05, 4.69) is 5.32 Å². The molecule has 0 aromatic carbocycles. The molecule has 98 valence electrons. The Morgan fingerprint density at radius 2 is 1.44 bits per heavy atom. The number of rotatable bonds is 2. The topological polar surface area (TPSA) is 127 Å². The highest BCUT2D eigenvalue weighted by Gasteiger charge is 2.59. The quantitative estimate of drug-likeness (QED) is 0.471. The molecular weight excluding hydrogens is 279 g/mol. The SMILES string of the molecule is Cl.O=P(O)(O)C1(P(=O)(O)O)CCCCCN1. The Morgan fingerprint density at radius 3 is 1.88 bits per heavy atom. The Labute approximate surface area is 99.4 Å². The zero-order valence-electron chi connectivity index (χ0n) is 8.44. The summed E-state index contributed by atoms with van der Waals surface area (Å²) < 4.78 is 22.5. The van der Waals surface area contributed by atoms with E-state index in [1.807, 2.05) is 0 Å². The van der Waals surface area contributed by atoms with Gasteiger partial charge < -0.3 is 19.6 Å². The van der Waals surface area contributed by atoms with Crippen molar-refractivity contribution < 1.29 is 28.7 Å². The molecule has 0 aromatic rings. The highest BCUT2D eigenvalue weighted by Crippen LogP contribution is 2.69. The van der Waals surface area contributed by atoms with Gasteiger partial charge in [-0.3, -0.25) is 14.4 Å². The molecular formula is C6H16ClNO6P2. The molecule has 10 heteroatoms. The van der Waals surface area contributed by atoms with E-state index in [9.17, 15) is 9.13 Å². The summed E-state index contributed by atoms with van der Waals surface area (Å²) in [7, 11) is -9.79. The van der Waals surface area contributed by atoms with Gasteiger partial charge in [-0.15, -0.1) is 12.4 Å². The lowest BCUT2D eigenvalue weighted by Gasteiger charge is -2.34. The van der Waals surface area contributed by atoms with Gasteiger partial charge in [0.15, 0.2) is 0 Å². The Kier molecular flexibility index (Phi) is 5.65. The van der Waals surface area contributed by atoms with Gasteiger partial charge in [-0.1, -0.05) is 12.8 Å². The van der Waals surface area contributed by atoms with E-state index in [4.69, 9.17) is 19.6 Å². The summed E-state index contributed by atoms with van der Waals surface area (Å²) >= 11 is 0. The van der Waals surface area contributed by atoms with Crippen LogP contribution >= 0.6 is 27.6 Å². The largest absolute Gasteiger partial charge is 0.357 e. The highest BCUT2D eigenvalue weighted by atomic mass is 35.5. The Hall–Kier alpha value is 0.550. The lowest BCUT2D eigenvalue weighted by Crippen LogP contribution is -2.43. The van der Waals surface area contributed by atoms with Crippen LogP contribution in [0.5, 0.6) is 0 Å². The molecule has 0 bridgehead atoms. The normalized spacial score (nSPS) is 22.0. The molecule has 1 rings (SSSR count). The van der Waals surface area contributed by atoms with E-state index in [1.54, 1.807) is 0 Å². The van der Waals surface area contributed by atoms with Crippen LogP contribution in [0, 0.1) is 0 Å².